The zero-order chi connectivity index (χ0) is 21.8. The van der Waals surface area contributed by atoms with Gasteiger partial charge in [-0.25, -0.2) is 9.97 Å². The Morgan fingerprint density at radius 1 is 1.03 bits per heavy atom. The molecule has 0 unspecified atom stereocenters. The second-order valence-electron chi connectivity index (χ2n) is 7.62. The van der Waals surface area contributed by atoms with E-state index in [4.69, 9.17) is 0 Å². The number of nitrogens with zero attached hydrogens (tertiary/aromatic N) is 4. The third-order valence-corrected chi connectivity index (χ3v) is 4.72. The van der Waals surface area contributed by atoms with E-state index in [-0.39, 0.29) is 5.91 Å². The molecule has 0 saturated carbocycles. The molecule has 0 aliphatic heterocycles. The second kappa shape index (κ2) is 8.45. The molecule has 31 heavy (non-hydrogen) atoms. The van der Waals surface area contributed by atoms with Crippen LogP contribution in [0.3, 0.4) is 0 Å². The van der Waals surface area contributed by atoms with E-state index in [9.17, 15) is 9.90 Å². The van der Waals surface area contributed by atoms with Crippen LogP contribution in [0.4, 0.5) is 0 Å². The molecule has 0 atom stereocenters. The van der Waals surface area contributed by atoms with Crippen molar-refractivity contribution in [1.29, 1.82) is 0 Å². The lowest BCUT2D eigenvalue weighted by atomic mass is 10.0. The molecule has 8 nitrogen and oxygen atoms in total. The van der Waals surface area contributed by atoms with Gasteiger partial charge in [-0.05, 0) is 43.7 Å². The van der Waals surface area contributed by atoms with Crippen molar-refractivity contribution in [3.8, 4) is 22.8 Å². The first kappa shape index (κ1) is 20.4. The van der Waals surface area contributed by atoms with E-state index in [0.29, 0.717) is 29.3 Å². The Labute approximate surface area is 179 Å². The van der Waals surface area contributed by atoms with Gasteiger partial charge in [0.05, 0.1) is 17.0 Å². The lowest BCUT2D eigenvalue weighted by Crippen LogP contribution is -2.23. The highest BCUT2D eigenvalue weighted by molar-refractivity contribution is 5.93. The molecule has 1 amide bonds. The fourth-order valence-corrected chi connectivity index (χ4v) is 2.98. The third-order valence-electron chi connectivity index (χ3n) is 4.72. The Balaban J connectivity index is 1.42. The molecular weight excluding hydrogens is 392 g/mol. The highest BCUT2D eigenvalue weighted by Gasteiger charge is 2.19. The van der Waals surface area contributed by atoms with E-state index < -0.39 is 5.60 Å². The first-order chi connectivity index (χ1) is 14.9. The lowest BCUT2D eigenvalue weighted by Gasteiger charge is -2.13. The summed E-state index contributed by atoms with van der Waals surface area (Å²) in [6, 6.07) is 15.0. The van der Waals surface area contributed by atoms with Crippen molar-refractivity contribution < 1.29 is 9.90 Å². The Bertz CT molecular complexity index is 1180. The van der Waals surface area contributed by atoms with Crippen molar-refractivity contribution in [2.45, 2.75) is 26.0 Å². The number of hydrogen-bond donors (Lipinski definition) is 3. The van der Waals surface area contributed by atoms with E-state index in [1.165, 1.54) is 12.4 Å². The number of amides is 1. The third kappa shape index (κ3) is 4.81. The monoisotopic (exact) mass is 414 g/mol. The van der Waals surface area contributed by atoms with Gasteiger partial charge in [-0.3, -0.25) is 14.9 Å². The van der Waals surface area contributed by atoms with Crippen molar-refractivity contribution in [2.24, 2.45) is 0 Å². The normalized spacial score (nSPS) is 11.3. The zero-order valence-electron chi connectivity index (χ0n) is 17.2. The molecule has 3 aromatic heterocycles. The number of pyridine rings is 1. The number of carbonyl (C=O) groups excluding carboxylic acids is 1. The Morgan fingerprint density at radius 3 is 2.52 bits per heavy atom. The molecule has 3 N–H and O–H groups in total. The van der Waals surface area contributed by atoms with Gasteiger partial charge in [0.15, 0.2) is 5.82 Å². The van der Waals surface area contributed by atoms with Gasteiger partial charge in [-0.2, -0.15) is 5.10 Å². The van der Waals surface area contributed by atoms with Gasteiger partial charge in [-0.15, -0.1) is 0 Å². The molecule has 4 aromatic rings. The van der Waals surface area contributed by atoms with E-state index in [2.05, 4.69) is 30.5 Å². The highest BCUT2D eigenvalue weighted by Crippen LogP contribution is 2.24. The number of carbonyl (C=O) groups is 1. The molecule has 156 valence electrons. The molecule has 0 aliphatic rings. The highest BCUT2D eigenvalue weighted by atomic mass is 16.3. The molecule has 3 heterocycles. The summed E-state index contributed by atoms with van der Waals surface area (Å²) in [5.41, 5.74) is 3.20. The summed E-state index contributed by atoms with van der Waals surface area (Å²) < 4.78 is 0. The lowest BCUT2D eigenvalue weighted by molar-refractivity contribution is 0.0738. The van der Waals surface area contributed by atoms with E-state index >= 15 is 0 Å². The van der Waals surface area contributed by atoms with E-state index in [1.54, 1.807) is 20.0 Å². The van der Waals surface area contributed by atoms with Crippen LogP contribution in [-0.4, -0.2) is 36.2 Å². The fraction of sp³-hybridized carbons (Fsp3) is 0.174. The van der Waals surface area contributed by atoms with Crippen molar-refractivity contribution in [3.05, 3.63) is 83.9 Å². The number of nitrogens with one attached hydrogen (secondary N) is 2. The number of hydrogen-bond acceptors (Lipinski definition) is 6. The second-order valence-corrected chi connectivity index (χ2v) is 7.62. The maximum Gasteiger partial charge on any atom is 0.254 e. The minimum Gasteiger partial charge on any atom is -0.384 e. The number of benzene rings is 1. The SMILES string of the molecule is CC(C)(O)c1cc(-c2cccc(CNC(=O)c3cnc(-c4ccccn4)nc3)c2)n[nH]1. The average Bonchev–Trinajstić information content (AvgIpc) is 3.30. The summed E-state index contributed by atoms with van der Waals surface area (Å²) in [5, 5.41) is 20.1. The predicted molar refractivity (Wildman–Crippen MR) is 116 cm³/mol. The molecule has 0 radical (unpaired) electrons. The first-order valence-electron chi connectivity index (χ1n) is 9.79. The van der Waals surface area contributed by atoms with Crippen LogP contribution in [-0.2, 0) is 12.1 Å². The Morgan fingerprint density at radius 2 is 1.84 bits per heavy atom. The van der Waals surface area contributed by atoms with Gasteiger partial charge in [0, 0.05) is 30.7 Å². The van der Waals surface area contributed by atoms with Crippen LogP contribution in [0.2, 0.25) is 0 Å². The fourth-order valence-electron chi connectivity index (χ4n) is 2.98. The Kier molecular flexibility index (Phi) is 5.55. The van der Waals surface area contributed by atoms with Gasteiger partial charge in [0.2, 0.25) is 0 Å². The van der Waals surface area contributed by atoms with Crippen LogP contribution in [0.5, 0.6) is 0 Å². The van der Waals surface area contributed by atoms with Gasteiger partial charge in [0.1, 0.15) is 11.3 Å². The minimum atomic E-state index is -0.995. The van der Waals surface area contributed by atoms with Crippen molar-refractivity contribution in [3.63, 3.8) is 0 Å². The summed E-state index contributed by atoms with van der Waals surface area (Å²) in [6.07, 6.45) is 4.65. The van der Waals surface area contributed by atoms with Crippen LogP contribution < -0.4 is 5.32 Å². The largest absolute Gasteiger partial charge is 0.384 e. The standard InChI is InChI=1S/C23H22N6O2/c1-23(2,31)20-11-19(28-29-20)16-7-5-6-15(10-16)12-27-22(30)17-13-25-21(26-14-17)18-8-3-4-9-24-18/h3-11,13-14,31H,12H2,1-2H3,(H,27,30)(H,28,29). The van der Waals surface area contributed by atoms with Gasteiger partial charge in [-0.1, -0.05) is 24.3 Å². The number of H-pyrrole nitrogens is 1. The van der Waals surface area contributed by atoms with Gasteiger partial charge >= 0.3 is 0 Å². The van der Waals surface area contributed by atoms with Crippen LogP contribution in [0.1, 0.15) is 35.5 Å². The summed E-state index contributed by atoms with van der Waals surface area (Å²) >= 11 is 0. The van der Waals surface area contributed by atoms with Crippen LogP contribution >= 0.6 is 0 Å². The van der Waals surface area contributed by atoms with E-state index in [0.717, 1.165) is 16.8 Å². The molecule has 0 aliphatic carbocycles. The first-order valence-corrected chi connectivity index (χ1v) is 9.79. The Hall–Kier alpha value is -3.91. The van der Waals surface area contributed by atoms with E-state index in [1.807, 2.05) is 48.5 Å². The van der Waals surface area contributed by atoms with Crippen molar-refractivity contribution in [2.75, 3.05) is 0 Å². The van der Waals surface area contributed by atoms with Gasteiger partial charge < -0.3 is 10.4 Å². The zero-order valence-corrected chi connectivity index (χ0v) is 17.2. The van der Waals surface area contributed by atoms with Gasteiger partial charge in [0.25, 0.3) is 5.91 Å². The number of aliphatic hydroxyl groups is 1. The minimum absolute atomic E-state index is 0.262. The molecule has 4 rings (SSSR count). The predicted octanol–water partition coefficient (Wildman–Crippen LogP) is 3.09. The summed E-state index contributed by atoms with van der Waals surface area (Å²) in [4.78, 5) is 25.2. The maximum absolute atomic E-state index is 12.5. The summed E-state index contributed by atoms with van der Waals surface area (Å²) in [5.74, 6) is 0.205. The molecule has 0 fully saturated rings. The smallest absolute Gasteiger partial charge is 0.254 e. The molecule has 0 spiro atoms. The summed E-state index contributed by atoms with van der Waals surface area (Å²) in [6.45, 7) is 3.74. The molecule has 0 saturated heterocycles. The van der Waals surface area contributed by atoms with Crippen LogP contribution in [0.25, 0.3) is 22.8 Å². The number of aromatic amines is 1. The van der Waals surface area contributed by atoms with Crippen LogP contribution in [0.15, 0.2) is 67.1 Å². The van der Waals surface area contributed by atoms with Crippen molar-refractivity contribution >= 4 is 5.91 Å². The number of aromatic nitrogens is 5. The average molecular weight is 414 g/mol. The molecular formula is C23H22N6O2. The summed E-state index contributed by atoms with van der Waals surface area (Å²) in [7, 11) is 0. The molecule has 0 bridgehead atoms. The molecule has 8 heteroatoms. The van der Waals surface area contributed by atoms with Crippen molar-refractivity contribution in [1.82, 2.24) is 30.5 Å². The quantitative estimate of drug-likeness (QED) is 0.446. The maximum atomic E-state index is 12.5. The van der Waals surface area contributed by atoms with Crippen LogP contribution in [0, 0.1) is 0 Å². The molecule has 1 aromatic carbocycles. The number of rotatable bonds is 6. The topological polar surface area (TPSA) is 117 Å².